The fraction of sp³-hybridized carbons (Fsp3) is 0.364. The molecule has 1 unspecified atom stereocenters. The maximum atomic E-state index is 8.84. The molecule has 0 radical (unpaired) electrons. The Morgan fingerprint density at radius 3 is 2.86 bits per heavy atom. The summed E-state index contributed by atoms with van der Waals surface area (Å²) < 4.78 is 0. The van der Waals surface area contributed by atoms with Crippen molar-refractivity contribution in [3.05, 3.63) is 23.8 Å². The van der Waals surface area contributed by atoms with Crippen LogP contribution in [0, 0.1) is 18.3 Å². The Balaban J connectivity index is 2.87. The number of rotatable bonds is 3. The highest BCUT2D eigenvalue weighted by Crippen LogP contribution is 2.31. The first-order valence-electron chi connectivity index (χ1n) is 4.60. The summed E-state index contributed by atoms with van der Waals surface area (Å²) in [7, 11) is 0. The topological polar surface area (TPSA) is 49.8 Å². The summed E-state index contributed by atoms with van der Waals surface area (Å²) in [6.45, 7) is 3.99. The standard InChI is InChI=1S/C11H14N2S/c1-3-9(7-12)14-10-6-4-5-8(2)11(10)13/h4-6,9H,3,13H2,1-2H3. The maximum Gasteiger partial charge on any atom is 0.0961 e. The van der Waals surface area contributed by atoms with Crippen LogP contribution >= 0.6 is 11.8 Å². The van der Waals surface area contributed by atoms with Gasteiger partial charge in [0.05, 0.1) is 11.3 Å². The molecule has 0 saturated carbocycles. The van der Waals surface area contributed by atoms with Crippen molar-refractivity contribution >= 4 is 17.4 Å². The number of nitrogens with zero attached hydrogens (tertiary/aromatic N) is 1. The Kier molecular flexibility index (Phi) is 3.84. The first kappa shape index (κ1) is 10.9. The lowest BCUT2D eigenvalue weighted by atomic mass is 10.2. The number of hydrogen-bond acceptors (Lipinski definition) is 3. The summed E-state index contributed by atoms with van der Waals surface area (Å²) >= 11 is 1.54. The molecule has 2 N–H and O–H groups in total. The molecule has 0 heterocycles. The number of thioether (sulfide) groups is 1. The highest BCUT2D eigenvalue weighted by Gasteiger charge is 2.09. The van der Waals surface area contributed by atoms with E-state index in [1.165, 1.54) is 0 Å². The van der Waals surface area contributed by atoms with Gasteiger partial charge < -0.3 is 5.73 Å². The predicted molar refractivity (Wildman–Crippen MR) is 61.1 cm³/mol. The van der Waals surface area contributed by atoms with Gasteiger partial charge in [-0.2, -0.15) is 5.26 Å². The smallest absolute Gasteiger partial charge is 0.0961 e. The molecular weight excluding hydrogens is 192 g/mol. The van der Waals surface area contributed by atoms with Crippen LogP contribution in [0.4, 0.5) is 5.69 Å². The molecule has 1 atom stereocenters. The van der Waals surface area contributed by atoms with E-state index in [9.17, 15) is 0 Å². The number of anilines is 1. The largest absolute Gasteiger partial charge is 0.398 e. The van der Waals surface area contributed by atoms with Gasteiger partial charge in [-0.25, -0.2) is 0 Å². The van der Waals surface area contributed by atoms with Gasteiger partial charge in [-0.3, -0.25) is 0 Å². The summed E-state index contributed by atoms with van der Waals surface area (Å²) in [5.41, 5.74) is 7.78. The minimum atomic E-state index is -0.000833. The lowest BCUT2D eigenvalue weighted by Gasteiger charge is -2.09. The Hall–Kier alpha value is -1.14. The van der Waals surface area contributed by atoms with E-state index in [0.29, 0.717) is 0 Å². The van der Waals surface area contributed by atoms with Crippen LogP contribution in [-0.2, 0) is 0 Å². The van der Waals surface area contributed by atoms with Crippen LogP contribution in [0.1, 0.15) is 18.9 Å². The molecule has 0 saturated heterocycles. The van der Waals surface area contributed by atoms with Crippen LogP contribution in [0.2, 0.25) is 0 Å². The summed E-state index contributed by atoms with van der Waals surface area (Å²) in [6, 6.07) is 8.17. The number of nitrogens with two attached hydrogens (primary N) is 1. The van der Waals surface area contributed by atoms with Crippen LogP contribution in [0.3, 0.4) is 0 Å². The first-order valence-corrected chi connectivity index (χ1v) is 5.48. The van der Waals surface area contributed by atoms with Gasteiger partial charge in [0.2, 0.25) is 0 Å². The molecule has 0 spiro atoms. The highest BCUT2D eigenvalue weighted by molar-refractivity contribution is 8.00. The Morgan fingerprint density at radius 2 is 2.29 bits per heavy atom. The van der Waals surface area contributed by atoms with Crippen LogP contribution in [-0.4, -0.2) is 5.25 Å². The number of aryl methyl sites for hydroxylation is 1. The van der Waals surface area contributed by atoms with Gasteiger partial charge in [-0.15, -0.1) is 11.8 Å². The Morgan fingerprint density at radius 1 is 1.57 bits per heavy atom. The second-order valence-electron chi connectivity index (χ2n) is 3.13. The van der Waals surface area contributed by atoms with Crippen molar-refractivity contribution in [3.63, 3.8) is 0 Å². The normalized spacial score (nSPS) is 12.1. The molecular formula is C11H14N2S. The summed E-state index contributed by atoms with van der Waals surface area (Å²) in [6.07, 6.45) is 0.842. The van der Waals surface area contributed by atoms with Gasteiger partial charge in [-0.05, 0) is 25.0 Å². The third-order valence-electron chi connectivity index (χ3n) is 2.07. The molecule has 0 aliphatic carbocycles. The van der Waals surface area contributed by atoms with E-state index < -0.39 is 0 Å². The first-order chi connectivity index (χ1) is 6.69. The molecule has 2 nitrogen and oxygen atoms in total. The lowest BCUT2D eigenvalue weighted by molar-refractivity contribution is 0.985. The molecule has 0 aromatic heterocycles. The average Bonchev–Trinajstić information content (AvgIpc) is 2.20. The van der Waals surface area contributed by atoms with Crippen molar-refractivity contribution in [1.82, 2.24) is 0 Å². The minimum absolute atomic E-state index is 0.000833. The second-order valence-corrected chi connectivity index (χ2v) is 4.38. The molecule has 74 valence electrons. The van der Waals surface area contributed by atoms with Crippen LogP contribution in [0.25, 0.3) is 0 Å². The third kappa shape index (κ3) is 2.43. The summed E-state index contributed by atoms with van der Waals surface area (Å²) in [5.74, 6) is 0. The quantitative estimate of drug-likeness (QED) is 0.611. The molecule has 0 amide bonds. The number of benzene rings is 1. The summed E-state index contributed by atoms with van der Waals surface area (Å²) in [4.78, 5) is 1.01. The Labute approximate surface area is 89.1 Å². The van der Waals surface area contributed by atoms with Crippen LogP contribution < -0.4 is 5.73 Å². The van der Waals surface area contributed by atoms with Gasteiger partial charge in [0.15, 0.2) is 0 Å². The van der Waals surface area contributed by atoms with Gasteiger partial charge in [-0.1, -0.05) is 19.1 Å². The van der Waals surface area contributed by atoms with Crippen molar-refractivity contribution in [2.24, 2.45) is 0 Å². The predicted octanol–water partition coefficient (Wildman–Crippen LogP) is 2.97. The van der Waals surface area contributed by atoms with E-state index in [2.05, 4.69) is 6.07 Å². The van der Waals surface area contributed by atoms with Crippen LogP contribution in [0.15, 0.2) is 23.1 Å². The maximum absolute atomic E-state index is 8.84. The van der Waals surface area contributed by atoms with Gasteiger partial charge in [0, 0.05) is 10.6 Å². The molecule has 0 aliphatic heterocycles. The molecule has 1 aromatic carbocycles. The Bertz CT molecular complexity index is 355. The minimum Gasteiger partial charge on any atom is -0.398 e. The monoisotopic (exact) mass is 206 g/mol. The number of nitriles is 1. The van der Waals surface area contributed by atoms with Gasteiger partial charge in [0.25, 0.3) is 0 Å². The average molecular weight is 206 g/mol. The van der Waals surface area contributed by atoms with E-state index in [4.69, 9.17) is 11.0 Å². The zero-order valence-electron chi connectivity index (χ0n) is 8.45. The van der Waals surface area contributed by atoms with E-state index >= 15 is 0 Å². The SMILES string of the molecule is CCC(C#N)Sc1cccc(C)c1N. The molecule has 0 bridgehead atoms. The molecule has 14 heavy (non-hydrogen) atoms. The molecule has 3 heteroatoms. The summed E-state index contributed by atoms with van der Waals surface area (Å²) in [5, 5.41) is 8.84. The van der Waals surface area contributed by atoms with Crippen molar-refractivity contribution in [2.45, 2.75) is 30.4 Å². The van der Waals surface area contributed by atoms with E-state index in [1.807, 2.05) is 32.0 Å². The fourth-order valence-corrected chi connectivity index (χ4v) is 2.08. The van der Waals surface area contributed by atoms with Crippen molar-refractivity contribution in [1.29, 1.82) is 5.26 Å². The van der Waals surface area contributed by atoms with Gasteiger partial charge in [0.1, 0.15) is 0 Å². The van der Waals surface area contributed by atoms with Crippen molar-refractivity contribution in [3.8, 4) is 6.07 Å². The zero-order chi connectivity index (χ0) is 10.6. The van der Waals surface area contributed by atoms with Gasteiger partial charge >= 0.3 is 0 Å². The van der Waals surface area contributed by atoms with Crippen molar-refractivity contribution < 1.29 is 0 Å². The molecule has 0 aliphatic rings. The second kappa shape index (κ2) is 4.92. The van der Waals surface area contributed by atoms with Crippen LogP contribution in [0.5, 0.6) is 0 Å². The molecule has 1 rings (SSSR count). The highest BCUT2D eigenvalue weighted by atomic mass is 32.2. The number of nitrogen functional groups attached to an aromatic ring is 1. The molecule has 1 aromatic rings. The third-order valence-corrected chi connectivity index (χ3v) is 3.40. The fourth-order valence-electron chi connectivity index (χ4n) is 1.11. The van der Waals surface area contributed by atoms with E-state index in [0.717, 1.165) is 22.6 Å². The van der Waals surface area contributed by atoms with E-state index in [1.54, 1.807) is 11.8 Å². The number of hydrogen-bond donors (Lipinski definition) is 1. The zero-order valence-corrected chi connectivity index (χ0v) is 9.27. The molecule has 0 fully saturated rings. The van der Waals surface area contributed by atoms with Crippen molar-refractivity contribution in [2.75, 3.05) is 5.73 Å². The lowest BCUT2D eigenvalue weighted by Crippen LogP contribution is -1.98. The number of para-hydroxylation sites is 1. The van der Waals surface area contributed by atoms with E-state index in [-0.39, 0.29) is 5.25 Å².